The Morgan fingerprint density at radius 1 is 1.11 bits per heavy atom. The number of halogens is 3. The standard InChI is InChI=1S/C19H16F3NO4/c20-19(21,22)27-15-6-2-1-4-13(15)8-9-17(24)23-12-14-5-3-7-16-18(14)26-11-10-25-16/h1-9H,10-12H2,(H,23,24)/b9-8+. The van der Waals surface area contributed by atoms with Crippen LogP contribution in [0.3, 0.4) is 0 Å². The molecule has 0 unspecified atom stereocenters. The lowest BCUT2D eigenvalue weighted by Gasteiger charge is -2.20. The second-order valence-corrected chi connectivity index (χ2v) is 5.58. The van der Waals surface area contributed by atoms with Gasteiger partial charge in [0.2, 0.25) is 5.91 Å². The first-order chi connectivity index (χ1) is 12.9. The fraction of sp³-hybridized carbons (Fsp3) is 0.211. The van der Waals surface area contributed by atoms with E-state index in [0.29, 0.717) is 24.7 Å². The average Bonchev–Trinajstić information content (AvgIpc) is 2.64. The average molecular weight is 379 g/mol. The third-order valence-electron chi connectivity index (χ3n) is 3.66. The number of rotatable bonds is 5. The van der Waals surface area contributed by atoms with Gasteiger partial charge in [-0.2, -0.15) is 0 Å². The number of carbonyl (C=O) groups excluding carboxylic acids is 1. The number of alkyl halides is 3. The fourth-order valence-electron chi connectivity index (χ4n) is 2.52. The van der Waals surface area contributed by atoms with Crippen molar-refractivity contribution in [2.75, 3.05) is 13.2 Å². The third kappa shape index (κ3) is 5.16. The molecule has 2 aromatic carbocycles. The second kappa shape index (κ2) is 8.03. The second-order valence-electron chi connectivity index (χ2n) is 5.58. The number of ether oxygens (including phenoxy) is 3. The Balaban J connectivity index is 1.64. The smallest absolute Gasteiger partial charge is 0.486 e. The lowest BCUT2D eigenvalue weighted by atomic mass is 10.1. The molecule has 0 aliphatic carbocycles. The van der Waals surface area contributed by atoms with E-state index in [2.05, 4.69) is 10.1 Å². The minimum Gasteiger partial charge on any atom is -0.486 e. The van der Waals surface area contributed by atoms with Gasteiger partial charge >= 0.3 is 6.36 Å². The van der Waals surface area contributed by atoms with Crippen LogP contribution in [0.15, 0.2) is 48.5 Å². The van der Waals surface area contributed by atoms with Crippen molar-refractivity contribution < 1.29 is 32.2 Å². The van der Waals surface area contributed by atoms with Crippen molar-refractivity contribution in [3.8, 4) is 17.2 Å². The van der Waals surface area contributed by atoms with E-state index in [4.69, 9.17) is 9.47 Å². The van der Waals surface area contributed by atoms with Crippen molar-refractivity contribution >= 4 is 12.0 Å². The minimum absolute atomic E-state index is 0.138. The van der Waals surface area contributed by atoms with E-state index in [0.717, 1.165) is 11.6 Å². The predicted octanol–water partition coefficient (Wildman–Crippen LogP) is 3.69. The summed E-state index contributed by atoms with van der Waals surface area (Å²) >= 11 is 0. The zero-order valence-electron chi connectivity index (χ0n) is 14.1. The number of amides is 1. The van der Waals surface area contributed by atoms with Crippen LogP contribution in [0.1, 0.15) is 11.1 Å². The van der Waals surface area contributed by atoms with Gasteiger partial charge in [-0.25, -0.2) is 0 Å². The summed E-state index contributed by atoms with van der Waals surface area (Å²) in [6.07, 6.45) is -2.40. The first-order valence-electron chi connectivity index (χ1n) is 8.10. The molecule has 1 aliphatic heterocycles. The van der Waals surface area contributed by atoms with Gasteiger partial charge in [0.25, 0.3) is 0 Å². The van der Waals surface area contributed by atoms with Gasteiger partial charge in [0.15, 0.2) is 11.5 Å². The number of para-hydroxylation sites is 2. The molecule has 1 aliphatic rings. The predicted molar refractivity (Wildman–Crippen MR) is 91.4 cm³/mol. The zero-order chi connectivity index (χ0) is 19.3. The van der Waals surface area contributed by atoms with Gasteiger partial charge in [-0.05, 0) is 18.2 Å². The highest BCUT2D eigenvalue weighted by molar-refractivity contribution is 5.92. The molecule has 0 bridgehead atoms. The molecule has 0 saturated carbocycles. The first-order valence-corrected chi connectivity index (χ1v) is 8.10. The maximum Gasteiger partial charge on any atom is 0.573 e. The van der Waals surface area contributed by atoms with Crippen LogP contribution in [0.4, 0.5) is 13.2 Å². The lowest BCUT2D eigenvalue weighted by molar-refractivity contribution is -0.274. The van der Waals surface area contributed by atoms with E-state index in [1.165, 1.54) is 24.3 Å². The van der Waals surface area contributed by atoms with Gasteiger partial charge < -0.3 is 19.5 Å². The van der Waals surface area contributed by atoms with Crippen LogP contribution < -0.4 is 19.5 Å². The van der Waals surface area contributed by atoms with Crippen molar-refractivity contribution in [3.63, 3.8) is 0 Å². The maximum absolute atomic E-state index is 12.4. The highest BCUT2D eigenvalue weighted by Crippen LogP contribution is 2.33. The molecule has 3 rings (SSSR count). The molecule has 0 aromatic heterocycles. The first kappa shape index (κ1) is 18.6. The summed E-state index contributed by atoms with van der Waals surface area (Å²) in [5.74, 6) is 0.349. The van der Waals surface area contributed by atoms with E-state index in [9.17, 15) is 18.0 Å². The Morgan fingerprint density at radius 3 is 2.70 bits per heavy atom. The van der Waals surface area contributed by atoms with E-state index < -0.39 is 12.3 Å². The third-order valence-corrected chi connectivity index (χ3v) is 3.66. The highest BCUT2D eigenvalue weighted by Gasteiger charge is 2.31. The van der Waals surface area contributed by atoms with Gasteiger partial charge in [-0.1, -0.05) is 30.3 Å². The summed E-state index contributed by atoms with van der Waals surface area (Å²) in [6.45, 7) is 1.08. The van der Waals surface area contributed by atoms with Crippen LogP contribution in [0, 0.1) is 0 Å². The Morgan fingerprint density at radius 2 is 1.89 bits per heavy atom. The number of nitrogens with one attached hydrogen (secondary N) is 1. The summed E-state index contributed by atoms with van der Waals surface area (Å²) in [4.78, 5) is 12.0. The van der Waals surface area contributed by atoms with E-state index >= 15 is 0 Å². The quantitative estimate of drug-likeness (QED) is 0.806. The van der Waals surface area contributed by atoms with Gasteiger partial charge in [0.1, 0.15) is 19.0 Å². The SMILES string of the molecule is O=C(/C=C/c1ccccc1OC(F)(F)F)NCc1cccc2c1OCCO2. The molecule has 0 atom stereocenters. The summed E-state index contributed by atoms with van der Waals surface area (Å²) in [6, 6.07) is 10.9. The van der Waals surface area contributed by atoms with Crippen LogP contribution in [0.25, 0.3) is 6.08 Å². The Bertz CT molecular complexity index is 849. The summed E-state index contributed by atoms with van der Waals surface area (Å²) in [5, 5.41) is 2.66. The van der Waals surface area contributed by atoms with Crippen LogP contribution in [0.5, 0.6) is 17.2 Å². The van der Waals surface area contributed by atoms with Crippen molar-refractivity contribution in [1.82, 2.24) is 5.32 Å². The van der Waals surface area contributed by atoms with Gasteiger partial charge in [-0.15, -0.1) is 13.2 Å². The Labute approximate surface area is 153 Å². The monoisotopic (exact) mass is 379 g/mol. The van der Waals surface area contributed by atoms with Crippen molar-refractivity contribution in [2.45, 2.75) is 12.9 Å². The van der Waals surface area contributed by atoms with Crippen molar-refractivity contribution in [1.29, 1.82) is 0 Å². The molecule has 0 radical (unpaired) electrons. The normalized spacial score (nSPS) is 13.4. The van der Waals surface area contributed by atoms with Crippen LogP contribution >= 0.6 is 0 Å². The molecule has 27 heavy (non-hydrogen) atoms. The number of carbonyl (C=O) groups is 1. The van der Waals surface area contributed by atoms with E-state index in [1.54, 1.807) is 24.3 Å². The largest absolute Gasteiger partial charge is 0.573 e. The molecule has 1 heterocycles. The van der Waals surface area contributed by atoms with Gasteiger partial charge in [0, 0.05) is 23.7 Å². The molecule has 1 N–H and O–H groups in total. The summed E-state index contributed by atoms with van der Waals surface area (Å²) in [7, 11) is 0. The summed E-state index contributed by atoms with van der Waals surface area (Å²) < 4.78 is 52.2. The Hall–Kier alpha value is -3.16. The fourth-order valence-corrected chi connectivity index (χ4v) is 2.52. The van der Waals surface area contributed by atoms with Crippen molar-refractivity contribution in [3.05, 3.63) is 59.7 Å². The molecule has 1 amide bonds. The molecule has 5 nitrogen and oxygen atoms in total. The van der Waals surface area contributed by atoms with Gasteiger partial charge in [0.05, 0.1) is 0 Å². The molecule has 0 fully saturated rings. The number of hydrogen-bond donors (Lipinski definition) is 1. The van der Waals surface area contributed by atoms with E-state index in [-0.39, 0.29) is 17.9 Å². The molecular weight excluding hydrogens is 363 g/mol. The van der Waals surface area contributed by atoms with Crippen molar-refractivity contribution in [2.24, 2.45) is 0 Å². The van der Waals surface area contributed by atoms with E-state index in [1.807, 2.05) is 0 Å². The number of hydrogen-bond acceptors (Lipinski definition) is 4. The zero-order valence-corrected chi connectivity index (χ0v) is 14.1. The number of fused-ring (bicyclic) bond motifs is 1. The minimum atomic E-state index is -4.80. The number of benzene rings is 2. The lowest BCUT2D eigenvalue weighted by Crippen LogP contribution is -2.22. The Kier molecular flexibility index (Phi) is 5.54. The molecular formula is C19H16F3NO4. The molecule has 0 spiro atoms. The molecule has 2 aromatic rings. The molecule has 142 valence electrons. The van der Waals surface area contributed by atoms with Crippen LogP contribution in [-0.2, 0) is 11.3 Å². The highest BCUT2D eigenvalue weighted by atomic mass is 19.4. The summed E-state index contributed by atoms with van der Waals surface area (Å²) in [5.41, 5.74) is 0.883. The molecule has 8 heteroatoms. The topological polar surface area (TPSA) is 56.8 Å². The molecule has 0 saturated heterocycles. The maximum atomic E-state index is 12.4. The van der Waals surface area contributed by atoms with Crippen LogP contribution in [-0.4, -0.2) is 25.5 Å². The van der Waals surface area contributed by atoms with Gasteiger partial charge in [-0.3, -0.25) is 4.79 Å². The van der Waals surface area contributed by atoms with Crippen LogP contribution in [0.2, 0.25) is 0 Å².